The van der Waals surface area contributed by atoms with E-state index >= 15 is 0 Å². The lowest BCUT2D eigenvalue weighted by molar-refractivity contribution is -0.142. The van der Waals surface area contributed by atoms with E-state index in [4.69, 9.17) is 5.11 Å². The summed E-state index contributed by atoms with van der Waals surface area (Å²) in [7, 11) is -4.05. The molecule has 1 atom stereocenters. The van der Waals surface area contributed by atoms with Crippen molar-refractivity contribution in [3.8, 4) is 0 Å². The largest absolute Gasteiger partial charge is 0.480 e. The Hall–Kier alpha value is -1.61. The van der Waals surface area contributed by atoms with Gasteiger partial charge in [-0.3, -0.25) is 4.79 Å². The lowest BCUT2D eigenvalue weighted by Crippen LogP contribution is -2.47. The third-order valence-electron chi connectivity index (χ3n) is 3.67. The number of nitrogens with zero attached hydrogens (tertiary/aromatic N) is 1. The number of aliphatic carboxylic acids is 1. The van der Waals surface area contributed by atoms with Crippen molar-refractivity contribution >= 4 is 16.0 Å². The first kappa shape index (κ1) is 17.7. The molecule has 9 heteroatoms. The van der Waals surface area contributed by atoms with E-state index in [-0.39, 0.29) is 23.4 Å². The number of hydrogen-bond donors (Lipinski definition) is 1. The van der Waals surface area contributed by atoms with E-state index in [1.54, 1.807) is 0 Å². The third-order valence-corrected chi connectivity index (χ3v) is 5.60. The molecule has 1 aromatic carbocycles. The highest BCUT2D eigenvalue weighted by atomic mass is 32.2. The molecule has 1 aromatic rings. The molecule has 0 aromatic heterocycles. The highest BCUT2D eigenvalue weighted by molar-refractivity contribution is 7.89. The van der Waals surface area contributed by atoms with E-state index in [0.29, 0.717) is 12.8 Å². The molecule has 1 N–H and O–H groups in total. The predicted octanol–water partition coefficient (Wildman–Crippen LogP) is 2.42. The molecular formula is C14H16F3NO4S. The van der Waals surface area contributed by atoms with Gasteiger partial charge in [-0.05, 0) is 37.0 Å². The molecule has 0 radical (unpaired) electrons. The summed E-state index contributed by atoms with van der Waals surface area (Å²) in [6.45, 7) is 0.0869. The van der Waals surface area contributed by atoms with Crippen LogP contribution in [0, 0.1) is 0 Å². The number of sulfonamides is 1. The Morgan fingerprint density at radius 2 is 1.83 bits per heavy atom. The van der Waals surface area contributed by atoms with E-state index in [2.05, 4.69) is 0 Å². The molecule has 0 aliphatic carbocycles. The van der Waals surface area contributed by atoms with Crippen LogP contribution in [-0.2, 0) is 21.2 Å². The van der Waals surface area contributed by atoms with Gasteiger partial charge in [0.1, 0.15) is 6.04 Å². The molecule has 1 saturated heterocycles. The highest BCUT2D eigenvalue weighted by Gasteiger charge is 2.37. The Morgan fingerprint density at radius 1 is 1.22 bits per heavy atom. The van der Waals surface area contributed by atoms with E-state index in [1.165, 1.54) is 0 Å². The zero-order valence-corrected chi connectivity index (χ0v) is 12.9. The Labute approximate surface area is 131 Å². The smallest absolute Gasteiger partial charge is 0.393 e. The standard InChI is InChI=1S/C14H16F3NO4S/c15-14(16,17)9-10-4-6-11(7-5-10)23(21,22)18-8-2-1-3-12(18)13(19)20/h4-7,12H,1-3,8-9H2,(H,19,20). The molecule has 1 aliphatic rings. The number of benzene rings is 1. The number of alkyl halides is 3. The summed E-state index contributed by atoms with van der Waals surface area (Å²) in [5, 5.41) is 9.16. The van der Waals surface area contributed by atoms with Gasteiger partial charge in [-0.2, -0.15) is 17.5 Å². The quantitative estimate of drug-likeness (QED) is 0.904. The molecule has 0 saturated carbocycles. The SMILES string of the molecule is O=C(O)C1CCCCN1S(=O)(=O)c1ccc(CC(F)(F)F)cc1. The van der Waals surface area contributed by atoms with E-state index < -0.39 is 34.6 Å². The zero-order chi connectivity index (χ0) is 17.3. The first-order chi connectivity index (χ1) is 10.6. The van der Waals surface area contributed by atoms with Gasteiger partial charge in [0.05, 0.1) is 11.3 Å². The van der Waals surface area contributed by atoms with Crippen LogP contribution in [0.15, 0.2) is 29.2 Å². The van der Waals surface area contributed by atoms with Gasteiger partial charge in [0.2, 0.25) is 10.0 Å². The van der Waals surface area contributed by atoms with Crippen LogP contribution in [-0.4, -0.2) is 42.6 Å². The first-order valence-electron chi connectivity index (χ1n) is 7.01. The lowest BCUT2D eigenvalue weighted by atomic mass is 10.1. The zero-order valence-electron chi connectivity index (χ0n) is 12.1. The van der Waals surface area contributed by atoms with Crippen LogP contribution in [0.4, 0.5) is 13.2 Å². The van der Waals surface area contributed by atoms with Crippen molar-refractivity contribution in [2.75, 3.05) is 6.54 Å². The third kappa shape index (κ3) is 4.23. The molecule has 1 fully saturated rings. The van der Waals surface area contributed by atoms with Crippen molar-refractivity contribution in [3.63, 3.8) is 0 Å². The van der Waals surface area contributed by atoms with E-state index in [1.807, 2.05) is 0 Å². The maximum Gasteiger partial charge on any atom is 0.393 e. The normalized spacial score (nSPS) is 20.4. The van der Waals surface area contributed by atoms with Gasteiger partial charge in [0.25, 0.3) is 0 Å². The van der Waals surface area contributed by atoms with Crippen molar-refractivity contribution < 1.29 is 31.5 Å². The topological polar surface area (TPSA) is 74.7 Å². The number of carbonyl (C=O) groups is 1. The number of piperidine rings is 1. The molecule has 2 rings (SSSR count). The number of rotatable bonds is 4. The highest BCUT2D eigenvalue weighted by Crippen LogP contribution is 2.27. The van der Waals surface area contributed by atoms with Crippen LogP contribution in [0.3, 0.4) is 0 Å². The minimum Gasteiger partial charge on any atom is -0.480 e. The maximum absolute atomic E-state index is 12.5. The summed E-state index contributed by atoms with van der Waals surface area (Å²) < 4.78 is 62.9. The Bertz CT molecular complexity index is 670. The van der Waals surface area contributed by atoms with Crippen LogP contribution in [0.2, 0.25) is 0 Å². The van der Waals surface area contributed by atoms with Crippen LogP contribution < -0.4 is 0 Å². The summed E-state index contributed by atoms with van der Waals surface area (Å²) in [6, 6.07) is 3.23. The number of carboxylic acids is 1. The van der Waals surface area contributed by atoms with Gasteiger partial charge in [-0.1, -0.05) is 12.1 Å². The molecule has 1 heterocycles. The second-order valence-electron chi connectivity index (χ2n) is 5.40. The fraction of sp³-hybridized carbons (Fsp3) is 0.500. The lowest BCUT2D eigenvalue weighted by Gasteiger charge is -2.31. The van der Waals surface area contributed by atoms with Crippen LogP contribution >= 0.6 is 0 Å². The van der Waals surface area contributed by atoms with Crippen molar-refractivity contribution in [2.24, 2.45) is 0 Å². The average Bonchev–Trinajstić information content (AvgIpc) is 2.46. The molecular weight excluding hydrogens is 335 g/mol. The first-order valence-corrected chi connectivity index (χ1v) is 8.45. The minimum absolute atomic E-state index is 0.0510. The molecule has 1 unspecified atom stereocenters. The molecule has 23 heavy (non-hydrogen) atoms. The second-order valence-corrected chi connectivity index (χ2v) is 7.29. The Kier molecular flexibility index (Phi) is 5.00. The van der Waals surface area contributed by atoms with Crippen LogP contribution in [0.1, 0.15) is 24.8 Å². The van der Waals surface area contributed by atoms with Gasteiger partial charge in [-0.25, -0.2) is 8.42 Å². The van der Waals surface area contributed by atoms with Crippen LogP contribution in [0.5, 0.6) is 0 Å². The van der Waals surface area contributed by atoms with Gasteiger partial charge in [0.15, 0.2) is 0 Å². The minimum atomic E-state index is -4.37. The number of hydrogen-bond acceptors (Lipinski definition) is 3. The average molecular weight is 351 g/mol. The summed E-state index contributed by atoms with van der Waals surface area (Å²) in [6.07, 6.45) is -4.13. The van der Waals surface area contributed by atoms with E-state index in [0.717, 1.165) is 28.6 Å². The van der Waals surface area contributed by atoms with Gasteiger partial charge in [-0.15, -0.1) is 0 Å². The number of halogens is 3. The second kappa shape index (κ2) is 6.48. The monoisotopic (exact) mass is 351 g/mol. The van der Waals surface area contributed by atoms with Crippen molar-refractivity contribution in [1.29, 1.82) is 0 Å². The van der Waals surface area contributed by atoms with E-state index in [9.17, 15) is 26.4 Å². The van der Waals surface area contributed by atoms with Gasteiger partial charge in [0, 0.05) is 6.54 Å². The maximum atomic E-state index is 12.5. The summed E-state index contributed by atoms with van der Waals surface area (Å²) in [5.41, 5.74) is -0.0510. The summed E-state index contributed by atoms with van der Waals surface area (Å²) >= 11 is 0. The summed E-state index contributed by atoms with van der Waals surface area (Å²) in [5.74, 6) is -1.22. The molecule has 128 valence electrons. The molecule has 0 bridgehead atoms. The molecule has 5 nitrogen and oxygen atoms in total. The number of carboxylic acid groups (broad SMARTS) is 1. The molecule has 0 amide bonds. The van der Waals surface area contributed by atoms with Crippen molar-refractivity contribution in [3.05, 3.63) is 29.8 Å². The van der Waals surface area contributed by atoms with Crippen molar-refractivity contribution in [1.82, 2.24) is 4.31 Å². The summed E-state index contributed by atoms with van der Waals surface area (Å²) in [4.78, 5) is 11.0. The van der Waals surface area contributed by atoms with Crippen molar-refractivity contribution in [2.45, 2.75) is 42.8 Å². The van der Waals surface area contributed by atoms with Gasteiger partial charge < -0.3 is 5.11 Å². The Morgan fingerprint density at radius 3 is 2.35 bits per heavy atom. The van der Waals surface area contributed by atoms with Gasteiger partial charge >= 0.3 is 12.1 Å². The Balaban J connectivity index is 2.26. The fourth-order valence-corrected chi connectivity index (χ4v) is 4.24. The fourth-order valence-electron chi connectivity index (χ4n) is 2.59. The molecule has 0 spiro atoms. The molecule has 1 aliphatic heterocycles. The predicted molar refractivity (Wildman–Crippen MR) is 75.4 cm³/mol. The van der Waals surface area contributed by atoms with Crippen LogP contribution in [0.25, 0.3) is 0 Å².